The number of methoxy groups -OCH3 is 1. The van der Waals surface area contributed by atoms with Crippen molar-refractivity contribution in [3.05, 3.63) is 35.4 Å². The van der Waals surface area contributed by atoms with Gasteiger partial charge in [-0.2, -0.15) is 43.9 Å². The third-order valence-electron chi connectivity index (χ3n) is 5.09. The first-order valence-corrected chi connectivity index (χ1v) is 8.15. The highest BCUT2D eigenvalue weighted by molar-refractivity contribution is 5.89. The van der Waals surface area contributed by atoms with Gasteiger partial charge in [0.25, 0.3) is 5.67 Å². The molecule has 2 rings (SSSR count). The van der Waals surface area contributed by atoms with Gasteiger partial charge in [0.1, 0.15) is 0 Å². The molecule has 1 fully saturated rings. The van der Waals surface area contributed by atoms with Crippen LogP contribution >= 0.6 is 0 Å². The molecule has 1 aliphatic rings. The second-order valence-corrected chi connectivity index (χ2v) is 7.19. The lowest BCUT2D eigenvalue weighted by Gasteiger charge is -2.53. The number of esters is 1. The Kier molecular flexibility index (Phi) is 5.42. The number of hydrogen-bond acceptors (Lipinski definition) is 3. The summed E-state index contributed by atoms with van der Waals surface area (Å²) in [7, 11) is 0.961. The Balaban J connectivity index is 2.62. The second kappa shape index (κ2) is 6.69. The van der Waals surface area contributed by atoms with Gasteiger partial charge in [0.15, 0.2) is 0 Å². The minimum atomic E-state index is -7.32. The lowest BCUT2D eigenvalue weighted by atomic mass is 9.67. The molecule has 0 aliphatic heterocycles. The molecule has 0 aromatic heterocycles. The van der Waals surface area contributed by atoms with E-state index in [0.717, 1.165) is 19.2 Å². The van der Waals surface area contributed by atoms with E-state index in [1.54, 1.807) is 0 Å². The van der Waals surface area contributed by atoms with Crippen LogP contribution in [-0.4, -0.2) is 53.5 Å². The van der Waals surface area contributed by atoms with Gasteiger partial charge in [0.2, 0.25) is 0 Å². The first-order chi connectivity index (χ1) is 13.7. The molecule has 1 atom stereocenters. The summed E-state index contributed by atoms with van der Waals surface area (Å²) in [5.74, 6) is -36.8. The van der Waals surface area contributed by atoms with E-state index in [4.69, 9.17) is 0 Å². The predicted octanol–water partition coefficient (Wildman–Crippen LogP) is 4.97. The fourth-order valence-corrected chi connectivity index (χ4v) is 3.17. The van der Waals surface area contributed by atoms with E-state index in [1.807, 2.05) is 0 Å². The van der Waals surface area contributed by atoms with Gasteiger partial charge in [-0.25, -0.2) is 9.18 Å². The summed E-state index contributed by atoms with van der Waals surface area (Å²) in [6, 6.07) is 3.02. The van der Waals surface area contributed by atoms with E-state index in [-0.39, 0.29) is 5.56 Å². The quantitative estimate of drug-likeness (QED) is 0.496. The molecule has 14 heteroatoms. The molecule has 0 amide bonds. The maximum absolute atomic E-state index is 14.9. The van der Waals surface area contributed by atoms with Crippen molar-refractivity contribution >= 4 is 5.97 Å². The largest absolute Gasteiger partial charge is 0.465 e. The van der Waals surface area contributed by atoms with E-state index >= 15 is 0 Å². The van der Waals surface area contributed by atoms with Crippen molar-refractivity contribution in [3.8, 4) is 0 Å². The van der Waals surface area contributed by atoms with E-state index < -0.39 is 58.8 Å². The van der Waals surface area contributed by atoms with Crippen LogP contribution in [0.1, 0.15) is 29.3 Å². The van der Waals surface area contributed by atoms with Crippen LogP contribution in [0.2, 0.25) is 0 Å². The summed E-state index contributed by atoms with van der Waals surface area (Å²) < 4.78 is 156. The molecule has 1 aromatic rings. The molecule has 176 valence electrons. The Bertz CT molecular complexity index is 833. The number of hydrogen-bond donors (Lipinski definition) is 1. The fourth-order valence-electron chi connectivity index (χ4n) is 3.17. The van der Waals surface area contributed by atoms with Gasteiger partial charge in [-0.15, -0.1) is 0 Å². The molecular formula is C17H13F11O3. The summed E-state index contributed by atoms with van der Waals surface area (Å²) in [5, 5.41) is 10.2. The van der Waals surface area contributed by atoms with E-state index in [2.05, 4.69) is 4.74 Å². The maximum atomic E-state index is 14.9. The third kappa shape index (κ3) is 2.93. The average Bonchev–Trinajstić information content (AvgIpc) is 2.65. The minimum Gasteiger partial charge on any atom is -0.465 e. The zero-order valence-electron chi connectivity index (χ0n) is 15.4. The molecule has 0 spiro atoms. The van der Waals surface area contributed by atoms with Crippen LogP contribution in [0.4, 0.5) is 48.3 Å². The predicted molar refractivity (Wildman–Crippen MR) is 80.5 cm³/mol. The lowest BCUT2D eigenvalue weighted by molar-refractivity contribution is -0.488. The molecule has 1 unspecified atom stereocenters. The topological polar surface area (TPSA) is 46.5 Å². The van der Waals surface area contributed by atoms with Gasteiger partial charge < -0.3 is 9.84 Å². The van der Waals surface area contributed by atoms with Gasteiger partial charge in [-0.3, -0.25) is 0 Å². The highest BCUT2D eigenvalue weighted by atomic mass is 19.4. The number of benzene rings is 1. The number of carbonyl (C=O) groups is 1. The van der Waals surface area contributed by atoms with Crippen molar-refractivity contribution < 1.29 is 62.9 Å². The summed E-state index contributed by atoms with van der Waals surface area (Å²) in [6.45, 7) is 0.330. The number of ether oxygens (including phenoxy) is 1. The van der Waals surface area contributed by atoms with E-state index in [0.29, 0.717) is 19.1 Å². The van der Waals surface area contributed by atoms with Gasteiger partial charge in [-0.1, -0.05) is 12.1 Å². The van der Waals surface area contributed by atoms with Crippen LogP contribution in [0.15, 0.2) is 24.3 Å². The number of rotatable bonds is 4. The first kappa shape index (κ1) is 25.1. The normalized spacial score (nSPS) is 26.5. The van der Waals surface area contributed by atoms with Crippen molar-refractivity contribution in [2.24, 2.45) is 0 Å². The van der Waals surface area contributed by atoms with Crippen molar-refractivity contribution in [2.45, 2.75) is 54.2 Å². The number of alkyl halides is 11. The molecule has 1 aliphatic carbocycles. The van der Waals surface area contributed by atoms with Gasteiger partial charge in [0.05, 0.1) is 18.3 Å². The summed E-state index contributed by atoms with van der Waals surface area (Å²) in [6.07, 6.45) is -2.83. The molecule has 0 heterocycles. The number of carbonyl (C=O) groups excluding carboxylic acids is 1. The Labute approximate surface area is 166 Å². The highest BCUT2D eigenvalue weighted by Crippen LogP contribution is 2.71. The lowest BCUT2D eigenvalue weighted by Crippen LogP contribution is -2.84. The summed E-state index contributed by atoms with van der Waals surface area (Å²) in [4.78, 5) is 11.3. The smallest absolute Gasteiger partial charge is 0.384 e. The monoisotopic (exact) mass is 474 g/mol. The zero-order valence-corrected chi connectivity index (χ0v) is 15.4. The first-order valence-electron chi connectivity index (χ1n) is 8.15. The van der Waals surface area contributed by atoms with Crippen LogP contribution < -0.4 is 0 Å². The molecule has 0 saturated heterocycles. The van der Waals surface area contributed by atoms with Crippen molar-refractivity contribution in [3.63, 3.8) is 0 Å². The van der Waals surface area contributed by atoms with Gasteiger partial charge in [0, 0.05) is 6.42 Å². The average molecular weight is 474 g/mol. The van der Waals surface area contributed by atoms with Crippen LogP contribution in [-0.2, 0) is 10.3 Å². The molecule has 3 nitrogen and oxygen atoms in total. The standard InChI is InChI=1S/C17H13F11O3/c1-11(30,9-5-3-8(4-6-9)10(29)31-2)7-12(18)13(19,20)15(23,24)17(27,28)16(25,26)14(12,21)22/h3-6,30H,7H2,1-2H3. The summed E-state index contributed by atoms with van der Waals surface area (Å²) in [5.41, 5.74) is -10.6. The van der Waals surface area contributed by atoms with Crippen molar-refractivity contribution in [2.75, 3.05) is 7.11 Å². The molecule has 1 N–H and O–H groups in total. The maximum Gasteiger partial charge on any atom is 0.384 e. The zero-order chi connectivity index (χ0) is 24.5. The van der Waals surface area contributed by atoms with Crippen LogP contribution in [0, 0.1) is 0 Å². The molecular weight excluding hydrogens is 461 g/mol. The highest BCUT2D eigenvalue weighted by Gasteiger charge is 3.01. The Hall–Kier alpha value is -2.12. The Morgan fingerprint density at radius 1 is 0.806 bits per heavy atom. The molecule has 1 saturated carbocycles. The fraction of sp³-hybridized carbons (Fsp3) is 0.588. The van der Waals surface area contributed by atoms with Gasteiger partial charge in [-0.05, 0) is 24.6 Å². The van der Waals surface area contributed by atoms with E-state index in [9.17, 15) is 58.2 Å². The van der Waals surface area contributed by atoms with Crippen LogP contribution in [0.3, 0.4) is 0 Å². The Morgan fingerprint density at radius 2 is 1.16 bits per heavy atom. The number of aliphatic hydroxyl groups is 1. The number of halogens is 11. The van der Waals surface area contributed by atoms with Gasteiger partial charge >= 0.3 is 35.6 Å². The Morgan fingerprint density at radius 3 is 1.52 bits per heavy atom. The molecule has 31 heavy (non-hydrogen) atoms. The second-order valence-electron chi connectivity index (χ2n) is 7.19. The summed E-state index contributed by atoms with van der Waals surface area (Å²) >= 11 is 0. The van der Waals surface area contributed by atoms with Crippen molar-refractivity contribution in [1.82, 2.24) is 0 Å². The SMILES string of the molecule is COC(=O)c1ccc(C(C)(O)CC2(F)C(F)(F)C(F)(F)C(F)(F)C(F)(F)C2(F)F)cc1. The van der Waals surface area contributed by atoms with Crippen LogP contribution in [0.5, 0.6) is 0 Å². The van der Waals surface area contributed by atoms with Crippen molar-refractivity contribution in [1.29, 1.82) is 0 Å². The minimum absolute atomic E-state index is 0.233. The molecule has 0 radical (unpaired) electrons. The molecule has 0 bridgehead atoms. The molecule has 1 aromatic carbocycles. The van der Waals surface area contributed by atoms with E-state index in [1.165, 1.54) is 0 Å². The van der Waals surface area contributed by atoms with Crippen LogP contribution in [0.25, 0.3) is 0 Å². The third-order valence-corrected chi connectivity index (χ3v) is 5.09.